The Morgan fingerprint density at radius 2 is 2.29 bits per heavy atom. The van der Waals surface area contributed by atoms with E-state index in [1.807, 2.05) is 6.92 Å². The molecular weight excluding hydrogens is 306 g/mol. The number of nitrogens with one attached hydrogen (secondary N) is 1. The van der Waals surface area contributed by atoms with Gasteiger partial charge >= 0.3 is 5.97 Å². The van der Waals surface area contributed by atoms with E-state index in [1.165, 1.54) is 18.4 Å². The van der Waals surface area contributed by atoms with Crippen LogP contribution < -0.4 is 5.56 Å². The number of halogens is 1. The van der Waals surface area contributed by atoms with Crippen molar-refractivity contribution in [2.24, 2.45) is 0 Å². The summed E-state index contributed by atoms with van der Waals surface area (Å²) in [6.07, 6.45) is 0.724. The SMILES string of the molecule is CCc1c(Br)c(=O)[nH]c2c(C(=O)OC)csc12. The van der Waals surface area contributed by atoms with E-state index in [0.29, 0.717) is 15.6 Å². The third-order valence-corrected chi connectivity index (χ3v) is 4.41. The monoisotopic (exact) mass is 315 g/mol. The number of carbonyl (C=O) groups is 1. The van der Waals surface area contributed by atoms with Gasteiger partial charge in [-0.3, -0.25) is 4.79 Å². The third-order valence-electron chi connectivity index (χ3n) is 2.53. The standard InChI is InChI=1S/C11H10BrNO3S/c1-3-5-7(12)10(14)13-8-6(11(15)16-2)4-17-9(5)8/h4H,3H2,1-2H3,(H,13,14). The Balaban J connectivity index is 2.83. The minimum absolute atomic E-state index is 0.224. The van der Waals surface area contributed by atoms with Crippen LogP contribution in [0.4, 0.5) is 0 Å². The third kappa shape index (κ3) is 1.91. The van der Waals surface area contributed by atoms with Crippen LogP contribution in [-0.2, 0) is 11.2 Å². The Morgan fingerprint density at radius 1 is 1.59 bits per heavy atom. The maximum absolute atomic E-state index is 11.7. The zero-order valence-electron chi connectivity index (χ0n) is 9.30. The summed E-state index contributed by atoms with van der Waals surface area (Å²) < 4.78 is 6.13. The van der Waals surface area contributed by atoms with Gasteiger partial charge in [-0.2, -0.15) is 0 Å². The fraction of sp³-hybridized carbons (Fsp3) is 0.273. The van der Waals surface area contributed by atoms with Crippen molar-refractivity contribution in [1.29, 1.82) is 0 Å². The molecule has 0 fully saturated rings. The molecule has 17 heavy (non-hydrogen) atoms. The lowest BCUT2D eigenvalue weighted by Gasteiger charge is -2.03. The molecule has 0 saturated heterocycles. The van der Waals surface area contributed by atoms with E-state index in [4.69, 9.17) is 0 Å². The van der Waals surface area contributed by atoms with E-state index in [2.05, 4.69) is 25.7 Å². The van der Waals surface area contributed by atoms with Crippen molar-refractivity contribution in [3.05, 3.63) is 31.3 Å². The highest BCUT2D eigenvalue weighted by atomic mass is 79.9. The molecule has 0 bridgehead atoms. The highest BCUT2D eigenvalue weighted by Crippen LogP contribution is 2.30. The van der Waals surface area contributed by atoms with E-state index < -0.39 is 5.97 Å². The number of carbonyl (C=O) groups excluding carboxylic acids is 1. The number of H-pyrrole nitrogens is 1. The smallest absolute Gasteiger partial charge is 0.340 e. The molecule has 0 atom stereocenters. The lowest BCUT2D eigenvalue weighted by molar-refractivity contribution is 0.0603. The van der Waals surface area contributed by atoms with Gasteiger partial charge in [0, 0.05) is 5.38 Å². The van der Waals surface area contributed by atoms with Gasteiger partial charge in [0.15, 0.2) is 0 Å². The van der Waals surface area contributed by atoms with Crippen LogP contribution in [0.3, 0.4) is 0 Å². The van der Waals surface area contributed by atoms with E-state index in [1.54, 1.807) is 5.38 Å². The van der Waals surface area contributed by atoms with Gasteiger partial charge < -0.3 is 9.72 Å². The van der Waals surface area contributed by atoms with E-state index in [-0.39, 0.29) is 5.56 Å². The largest absolute Gasteiger partial charge is 0.465 e. The van der Waals surface area contributed by atoms with Crippen LogP contribution in [0.25, 0.3) is 10.2 Å². The highest BCUT2D eigenvalue weighted by Gasteiger charge is 2.17. The minimum atomic E-state index is -0.434. The first-order valence-electron chi connectivity index (χ1n) is 5.00. The molecule has 0 aliphatic rings. The van der Waals surface area contributed by atoms with Gasteiger partial charge in [-0.25, -0.2) is 4.79 Å². The van der Waals surface area contributed by atoms with Crippen molar-refractivity contribution in [1.82, 2.24) is 4.98 Å². The number of pyridine rings is 1. The molecule has 0 amide bonds. The summed E-state index contributed by atoms with van der Waals surface area (Å²) in [5.41, 5.74) is 1.67. The molecule has 0 spiro atoms. The lowest BCUT2D eigenvalue weighted by Crippen LogP contribution is -2.11. The minimum Gasteiger partial charge on any atom is -0.465 e. The molecule has 2 aromatic heterocycles. The summed E-state index contributed by atoms with van der Waals surface area (Å²) in [6, 6.07) is 0. The maximum atomic E-state index is 11.7. The van der Waals surface area contributed by atoms with Gasteiger partial charge in [0.25, 0.3) is 5.56 Å². The van der Waals surface area contributed by atoms with Crippen molar-refractivity contribution in [2.75, 3.05) is 7.11 Å². The second-order valence-electron chi connectivity index (χ2n) is 3.45. The molecule has 0 aliphatic carbocycles. The van der Waals surface area contributed by atoms with Gasteiger partial charge in [0.2, 0.25) is 0 Å². The molecule has 1 N–H and O–H groups in total. The number of aromatic amines is 1. The molecule has 0 radical (unpaired) electrons. The van der Waals surface area contributed by atoms with Crippen molar-refractivity contribution in [3.8, 4) is 0 Å². The van der Waals surface area contributed by atoms with Gasteiger partial charge in [-0.1, -0.05) is 6.92 Å². The van der Waals surface area contributed by atoms with E-state index >= 15 is 0 Å². The predicted molar refractivity (Wildman–Crippen MR) is 70.9 cm³/mol. The average Bonchev–Trinajstić information content (AvgIpc) is 2.73. The van der Waals surface area contributed by atoms with Crippen LogP contribution in [0.15, 0.2) is 14.6 Å². The number of hydrogen-bond donors (Lipinski definition) is 1. The zero-order valence-corrected chi connectivity index (χ0v) is 11.7. The summed E-state index contributed by atoms with van der Waals surface area (Å²) in [5.74, 6) is -0.434. The number of esters is 1. The molecular formula is C11H10BrNO3S. The van der Waals surface area contributed by atoms with E-state index in [9.17, 15) is 9.59 Å². The van der Waals surface area contributed by atoms with Crippen LogP contribution in [0.2, 0.25) is 0 Å². The first kappa shape index (κ1) is 12.3. The quantitative estimate of drug-likeness (QED) is 0.867. The predicted octanol–water partition coefficient (Wildman–Crippen LogP) is 2.70. The van der Waals surface area contributed by atoms with Gasteiger partial charge in [-0.05, 0) is 27.9 Å². The Labute approximate surface area is 110 Å². The molecule has 2 rings (SSSR count). The highest BCUT2D eigenvalue weighted by molar-refractivity contribution is 9.10. The number of fused-ring (bicyclic) bond motifs is 1. The topological polar surface area (TPSA) is 59.2 Å². The van der Waals surface area contributed by atoms with Crippen molar-refractivity contribution in [2.45, 2.75) is 13.3 Å². The van der Waals surface area contributed by atoms with Crippen LogP contribution >= 0.6 is 27.3 Å². The van der Waals surface area contributed by atoms with Crippen molar-refractivity contribution < 1.29 is 9.53 Å². The maximum Gasteiger partial charge on any atom is 0.340 e. The molecule has 0 unspecified atom stereocenters. The normalized spacial score (nSPS) is 10.8. The van der Waals surface area contributed by atoms with Crippen LogP contribution in [-0.4, -0.2) is 18.1 Å². The van der Waals surface area contributed by atoms with E-state index in [0.717, 1.165) is 16.7 Å². The molecule has 90 valence electrons. The first-order valence-corrected chi connectivity index (χ1v) is 6.67. The number of hydrogen-bond acceptors (Lipinski definition) is 4. The van der Waals surface area contributed by atoms with Crippen LogP contribution in [0.5, 0.6) is 0 Å². The van der Waals surface area contributed by atoms with Crippen LogP contribution in [0.1, 0.15) is 22.8 Å². The Kier molecular flexibility index (Phi) is 3.35. The average molecular weight is 316 g/mol. The molecule has 6 heteroatoms. The molecule has 4 nitrogen and oxygen atoms in total. The van der Waals surface area contributed by atoms with Crippen molar-refractivity contribution in [3.63, 3.8) is 0 Å². The summed E-state index contributed by atoms with van der Waals surface area (Å²) in [6.45, 7) is 1.97. The second kappa shape index (κ2) is 4.62. The lowest BCUT2D eigenvalue weighted by atomic mass is 10.1. The van der Waals surface area contributed by atoms with Gasteiger partial charge in [0.1, 0.15) is 0 Å². The molecule has 2 heterocycles. The zero-order chi connectivity index (χ0) is 12.6. The fourth-order valence-electron chi connectivity index (χ4n) is 1.69. The Bertz CT molecular complexity index is 644. The summed E-state index contributed by atoms with van der Waals surface area (Å²) in [7, 11) is 1.32. The number of ether oxygens (including phenoxy) is 1. The number of thiophene rings is 1. The Morgan fingerprint density at radius 3 is 2.88 bits per heavy atom. The number of rotatable bonds is 2. The first-order chi connectivity index (χ1) is 8.10. The van der Waals surface area contributed by atoms with Crippen LogP contribution in [0, 0.1) is 0 Å². The molecule has 0 aromatic carbocycles. The summed E-state index contributed by atoms with van der Waals surface area (Å²) in [5, 5.41) is 1.71. The number of aryl methyl sites for hydroxylation is 1. The van der Waals surface area contributed by atoms with Gasteiger partial charge in [0.05, 0.1) is 27.4 Å². The fourth-order valence-corrected chi connectivity index (χ4v) is 3.51. The Hall–Kier alpha value is -1.14. The number of aromatic nitrogens is 1. The molecule has 2 aromatic rings. The molecule has 0 saturated carbocycles. The number of methoxy groups -OCH3 is 1. The summed E-state index contributed by atoms with van der Waals surface area (Å²) in [4.78, 5) is 26.0. The second-order valence-corrected chi connectivity index (χ2v) is 5.12. The van der Waals surface area contributed by atoms with Crippen molar-refractivity contribution >= 4 is 43.5 Å². The summed E-state index contributed by atoms with van der Waals surface area (Å²) >= 11 is 4.70. The molecule has 0 aliphatic heterocycles. The van der Waals surface area contributed by atoms with Gasteiger partial charge in [-0.15, -0.1) is 11.3 Å².